The smallest absolute Gasteiger partial charge is 0.144 e. The highest BCUT2D eigenvalue weighted by atomic mass is 79.9. The lowest BCUT2D eigenvalue weighted by atomic mass is 10.1. The summed E-state index contributed by atoms with van der Waals surface area (Å²) in [4.78, 5) is 0. The molecule has 0 spiro atoms. The van der Waals surface area contributed by atoms with Gasteiger partial charge in [-0.05, 0) is 55.2 Å². The van der Waals surface area contributed by atoms with E-state index < -0.39 is 6.10 Å². The fourth-order valence-corrected chi connectivity index (χ4v) is 4.77. The fraction of sp³-hybridized carbons (Fsp3) is 0.250. The summed E-state index contributed by atoms with van der Waals surface area (Å²) in [6.07, 6.45) is 1.11. The molecule has 1 heterocycles. The number of aryl methyl sites for hydroxylation is 2. The molecule has 3 aromatic carbocycles. The maximum Gasteiger partial charge on any atom is 0.144 e. The minimum Gasteiger partial charge on any atom is -0.495 e. The summed E-state index contributed by atoms with van der Waals surface area (Å²) in [6, 6.07) is 18.6. The monoisotopic (exact) mass is 515 g/mol. The molecule has 0 aliphatic heterocycles. The average Bonchev–Trinajstić information content (AvgIpc) is 3.03. The highest BCUT2D eigenvalue weighted by molar-refractivity contribution is 9.10. The highest BCUT2D eigenvalue weighted by Gasteiger charge is 2.20. The number of hydrogen-bond donors (Lipinski definition) is 1. The van der Waals surface area contributed by atoms with Crippen LogP contribution in [0.3, 0.4) is 0 Å². The number of benzene rings is 3. The van der Waals surface area contributed by atoms with Crippen LogP contribution in [0.4, 0.5) is 0 Å². The molecule has 0 bridgehead atoms. The number of nitrogens with zero attached hydrogens (tertiary/aromatic N) is 1. The molecule has 1 atom stereocenters. The maximum absolute atomic E-state index is 10.9. The number of methoxy groups -OCH3 is 1. The van der Waals surface area contributed by atoms with E-state index in [0.29, 0.717) is 13.0 Å². The lowest BCUT2D eigenvalue weighted by Crippen LogP contribution is -2.17. The molecule has 0 saturated heterocycles. The molecule has 29 heavy (non-hydrogen) atoms. The fourth-order valence-electron chi connectivity index (χ4n) is 4.00. The molecular weight excluding hydrogens is 494 g/mol. The zero-order valence-electron chi connectivity index (χ0n) is 16.5. The summed E-state index contributed by atoms with van der Waals surface area (Å²) < 4.78 is 9.98. The van der Waals surface area contributed by atoms with Gasteiger partial charge >= 0.3 is 0 Å². The molecule has 0 aliphatic carbocycles. The van der Waals surface area contributed by atoms with E-state index in [-0.39, 0.29) is 0 Å². The van der Waals surface area contributed by atoms with Crippen molar-refractivity contribution in [3.8, 4) is 5.75 Å². The second-order valence-corrected chi connectivity index (χ2v) is 9.13. The highest BCUT2D eigenvalue weighted by Crippen LogP contribution is 2.41. The molecule has 0 amide bonds. The van der Waals surface area contributed by atoms with Gasteiger partial charge in [-0.2, -0.15) is 0 Å². The molecule has 4 aromatic rings. The van der Waals surface area contributed by atoms with Gasteiger partial charge in [0, 0.05) is 31.8 Å². The first kappa shape index (κ1) is 20.5. The van der Waals surface area contributed by atoms with E-state index >= 15 is 0 Å². The van der Waals surface area contributed by atoms with Crippen LogP contribution >= 0.6 is 31.9 Å². The minimum absolute atomic E-state index is 0.452. The van der Waals surface area contributed by atoms with Gasteiger partial charge < -0.3 is 14.4 Å². The van der Waals surface area contributed by atoms with Gasteiger partial charge in [0.15, 0.2) is 0 Å². The number of rotatable bonds is 6. The molecule has 0 fully saturated rings. The number of ether oxygens (including phenoxy) is 1. The Morgan fingerprint density at radius 2 is 1.83 bits per heavy atom. The Balaban J connectivity index is 1.79. The van der Waals surface area contributed by atoms with Crippen molar-refractivity contribution in [2.45, 2.75) is 32.4 Å². The first-order valence-corrected chi connectivity index (χ1v) is 11.2. The van der Waals surface area contributed by atoms with Gasteiger partial charge in [0.2, 0.25) is 0 Å². The molecule has 4 rings (SSSR count). The molecule has 5 heteroatoms. The summed E-state index contributed by atoms with van der Waals surface area (Å²) in [5.74, 6) is 0.806. The largest absolute Gasteiger partial charge is 0.495 e. The molecular formula is C24H23Br2NO2. The van der Waals surface area contributed by atoms with Gasteiger partial charge in [-0.15, -0.1) is 0 Å². The van der Waals surface area contributed by atoms with E-state index in [9.17, 15) is 5.11 Å². The topological polar surface area (TPSA) is 34.4 Å². The summed E-state index contributed by atoms with van der Waals surface area (Å²) in [5, 5.41) is 13.2. The molecule has 3 nitrogen and oxygen atoms in total. The molecule has 0 saturated carbocycles. The van der Waals surface area contributed by atoms with Gasteiger partial charge in [-0.25, -0.2) is 0 Å². The summed E-state index contributed by atoms with van der Waals surface area (Å²) in [7, 11) is 1.69. The Morgan fingerprint density at radius 1 is 1.07 bits per heavy atom. The van der Waals surface area contributed by atoms with Crippen molar-refractivity contribution in [3.05, 3.63) is 74.7 Å². The third-order valence-corrected chi connectivity index (χ3v) is 6.79. The standard InChI is InChI=1S/C24H23Br2NO2/c1-15-20(26)13-22(29-2)24-23(15)19-12-17(25)9-11-21(19)27(24)14-18(28)10-8-16-6-4-3-5-7-16/h3-7,9,11-13,18,28H,8,10,14H2,1-2H3. The second-order valence-electron chi connectivity index (χ2n) is 7.36. The first-order chi connectivity index (χ1) is 14.0. The van der Waals surface area contributed by atoms with Crippen LogP contribution < -0.4 is 4.74 Å². The normalized spacial score (nSPS) is 12.6. The molecule has 1 aromatic heterocycles. The van der Waals surface area contributed by atoms with Crippen LogP contribution in [0, 0.1) is 6.92 Å². The lowest BCUT2D eigenvalue weighted by Gasteiger charge is -2.16. The Morgan fingerprint density at radius 3 is 2.55 bits per heavy atom. The molecule has 150 valence electrons. The van der Waals surface area contributed by atoms with Gasteiger partial charge in [0.1, 0.15) is 5.75 Å². The maximum atomic E-state index is 10.9. The van der Waals surface area contributed by atoms with Crippen LogP contribution in [0.15, 0.2) is 63.5 Å². The van der Waals surface area contributed by atoms with Crippen molar-refractivity contribution in [2.24, 2.45) is 0 Å². The Labute approximate surface area is 187 Å². The summed E-state index contributed by atoms with van der Waals surface area (Å²) >= 11 is 7.28. The van der Waals surface area contributed by atoms with Crippen molar-refractivity contribution >= 4 is 53.7 Å². The molecule has 1 N–H and O–H groups in total. The Kier molecular flexibility index (Phi) is 6.00. The predicted molar refractivity (Wildman–Crippen MR) is 127 cm³/mol. The quantitative estimate of drug-likeness (QED) is 0.312. The number of hydrogen-bond acceptors (Lipinski definition) is 2. The number of aliphatic hydroxyl groups excluding tert-OH is 1. The van der Waals surface area contributed by atoms with E-state index in [0.717, 1.165) is 42.9 Å². The minimum atomic E-state index is -0.452. The van der Waals surface area contributed by atoms with Gasteiger partial charge in [-0.3, -0.25) is 0 Å². The van der Waals surface area contributed by atoms with Gasteiger partial charge in [0.25, 0.3) is 0 Å². The number of halogens is 2. The van der Waals surface area contributed by atoms with E-state index in [1.807, 2.05) is 30.3 Å². The van der Waals surface area contributed by atoms with Crippen LogP contribution in [0.2, 0.25) is 0 Å². The van der Waals surface area contributed by atoms with Gasteiger partial charge in [-0.1, -0.05) is 62.2 Å². The van der Waals surface area contributed by atoms with E-state index in [1.54, 1.807) is 7.11 Å². The van der Waals surface area contributed by atoms with Crippen molar-refractivity contribution in [3.63, 3.8) is 0 Å². The zero-order valence-corrected chi connectivity index (χ0v) is 19.6. The van der Waals surface area contributed by atoms with Crippen LogP contribution in [0.1, 0.15) is 17.5 Å². The second kappa shape index (κ2) is 8.50. The Bertz CT molecular complexity index is 1170. The number of fused-ring (bicyclic) bond motifs is 3. The summed E-state index contributed by atoms with van der Waals surface area (Å²) in [5.41, 5.74) is 4.54. The molecule has 0 radical (unpaired) electrons. The average molecular weight is 517 g/mol. The SMILES string of the molecule is COc1cc(Br)c(C)c2c3cc(Br)ccc3n(CC(O)CCc3ccccc3)c12. The van der Waals surface area contributed by atoms with Crippen molar-refractivity contribution in [2.75, 3.05) is 7.11 Å². The first-order valence-electron chi connectivity index (χ1n) is 9.66. The van der Waals surface area contributed by atoms with Crippen LogP contribution in [0.5, 0.6) is 5.75 Å². The van der Waals surface area contributed by atoms with Gasteiger partial charge in [0.05, 0.1) is 18.7 Å². The number of aliphatic hydroxyl groups is 1. The van der Waals surface area contributed by atoms with Crippen molar-refractivity contribution < 1.29 is 9.84 Å². The van der Waals surface area contributed by atoms with Crippen LogP contribution in [-0.2, 0) is 13.0 Å². The Hall–Kier alpha value is -1.82. The lowest BCUT2D eigenvalue weighted by molar-refractivity contribution is 0.147. The third kappa shape index (κ3) is 3.96. The predicted octanol–water partition coefficient (Wildman–Crippen LogP) is 6.63. The van der Waals surface area contributed by atoms with Crippen LogP contribution in [-0.4, -0.2) is 22.9 Å². The molecule has 1 unspecified atom stereocenters. The summed E-state index contributed by atoms with van der Waals surface area (Å²) in [6.45, 7) is 2.63. The third-order valence-electron chi connectivity index (χ3n) is 5.47. The van der Waals surface area contributed by atoms with E-state index in [2.05, 4.69) is 67.6 Å². The van der Waals surface area contributed by atoms with Crippen LogP contribution in [0.25, 0.3) is 21.8 Å². The van der Waals surface area contributed by atoms with E-state index in [1.165, 1.54) is 11.1 Å². The van der Waals surface area contributed by atoms with Crippen molar-refractivity contribution in [1.29, 1.82) is 0 Å². The number of aromatic nitrogens is 1. The van der Waals surface area contributed by atoms with E-state index in [4.69, 9.17) is 4.74 Å². The molecule has 0 aliphatic rings. The zero-order chi connectivity index (χ0) is 20.5. The van der Waals surface area contributed by atoms with Crippen molar-refractivity contribution in [1.82, 2.24) is 4.57 Å².